The third-order valence-corrected chi connectivity index (χ3v) is 2.34. The third kappa shape index (κ3) is 4.24. The molecule has 0 unspecified atom stereocenters. The van der Waals surface area contributed by atoms with E-state index in [1.165, 1.54) is 4.90 Å². The van der Waals surface area contributed by atoms with Crippen molar-refractivity contribution in [1.82, 2.24) is 10.2 Å². The smallest absolute Gasteiger partial charge is 0.311 e. The Morgan fingerprint density at radius 2 is 2.13 bits per heavy atom. The Labute approximate surface area is 94.0 Å². The van der Waals surface area contributed by atoms with Gasteiger partial charge in [-0.3, -0.25) is 9.59 Å². The van der Waals surface area contributed by atoms with Crippen LogP contribution in [-0.2, 0) is 9.59 Å². The molecule has 15 heavy (non-hydrogen) atoms. The van der Waals surface area contributed by atoms with Gasteiger partial charge in [-0.05, 0) is 18.8 Å². The van der Waals surface area contributed by atoms with Gasteiger partial charge in [0.1, 0.15) is 0 Å². The topological polar surface area (TPSA) is 75.4 Å². The second-order valence-electron chi connectivity index (χ2n) is 3.78. The monoisotopic (exact) mass is 229 g/mol. The van der Waals surface area contributed by atoms with Gasteiger partial charge in [0.2, 0.25) is 0 Å². The Bertz CT molecular complexity index is 289. The molecule has 0 heterocycles. The average molecular weight is 229 g/mol. The first-order valence-electron chi connectivity index (χ1n) is 4.82. The minimum atomic E-state index is -0.647. The molecule has 3 N–H and O–H groups in total. The van der Waals surface area contributed by atoms with Gasteiger partial charge in [-0.25, -0.2) is 0 Å². The Balaban J connectivity index is 2.30. The highest BCUT2D eigenvalue weighted by Gasteiger charge is 2.27. The van der Waals surface area contributed by atoms with Crippen molar-refractivity contribution in [3.63, 3.8) is 0 Å². The minimum absolute atomic E-state index is 0.0666. The number of amides is 2. The fraction of sp³-hybridized carbons (Fsp3) is 0.667. The van der Waals surface area contributed by atoms with E-state index in [4.69, 9.17) is 5.73 Å². The largest absolute Gasteiger partial charge is 0.392 e. The van der Waals surface area contributed by atoms with Crippen LogP contribution in [0.15, 0.2) is 0 Å². The first-order valence-corrected chi connectivity index (χ1v) is 5.23. The molecule has 1 fully saturated rings. The summed E-state index contributed by atoms with van der Waals surface area (Å²) in [5.41, 5.74) is 5.20. The fourth-order valence-corrected chi connectivity index (χ4v) is 1.26. The zero-order valence-corrected chi connectivity index (χ0v) is 9.47. The van der Waals surface area contributed by atoms with Gasteiger partial charge < -0.3 is 16.0 Å². The number of nitrogens with two attached hydrogens (primary N) is 1. The number of hydrogen-bond acceptors (Lipinski definition) is 3. The van der Waals surface area contributed by atoms with Crippen LogP contribution in [0.5, 0.6) is 0 Å². The lowest BCUT2D eigenvalue weighted by Gasteiger charge is -2.15. The lowest BCUT2D eigenvalue weighted by molar-refractivity contribution is -0.144. The van der Waals surface area contributed by atoms with Crippen LogP contribution in [0, 0.1) is 5.92 Å². The van der Waals surface area contributed by atoms with Crippen LogP contribution >= 0.6 is 12.2 Å². The van der Waals surface area contributed by atoms with Crippen LogP contribution in [0.4, 0.5) is 0 Å². The summed E-state index contributed by atoms with van der Waals surface area (Å²) in [7, 11) is 1.63. The van der Waals surface area contributed by atoms with Crippen LogP contribution in [0.1, 0.15) is 12.8 Å². The molecule has 84 valence electrons. The fourth-order valence-electron chi connectivity index (χ4n) is 1.19. The van der Waals surface area contributed by atoms with Crippen molar-refractivity contribution in [3.8, 4) is 0 Å². The number of carbonyl (C=O) groups is 2. The molecule has 0 aromatic rings. The van der Waals surface area contributed by atoms with Crippen LogP contribution in [0.25, 0.3) is 0 Å². The van der Waals surface area contributed by atoms with Gasteiger partial charge in [0, 0.05) is 13.6 Å². The van der Waals surface area contributed by atoms with E-state index in [1.807, 2.05) is 0 Å². The molecule has 0 aromatic carbocycles. The Morgan fingerprint density at radius 3 is 2.60 bits per heavy atom. The van der Waals surface area contributed by atoms with E-state index in [9.17, 15) is 9.59 Å². The number of hydrogen-bond donors (Lipinski definition) is 2. The highest BCUT2D eigenvalue weighted by atomic mass is 32.1. The van der Waals surface area contributed by atoms with Gasteiger partial charge in [0.05, 0.1) is 11.5 Å². The first-order chi connectivity index (χ1) is 7.00. The third-order valence-electron chi connectivity index (χ3n) is 2.19. The number of rotatable bonds is 4. The van der Waals surface area contributed by atoms with Crippen molar-refractivity contribution in [2.75, 3.05) is 20.1 Å². The predicted molar refractivity (Wildman–Crippen MR) is 60.2 cm³/mol. The number of nitrogens with zero attached hydrogens (tertiary/aromatic N) is 1. The van der Waals surface area contributed by atoms with E-state index in [2.05, 4.69) is 17.5 Å². The van der Waals surface area contributed by atoms with Gasteiger partial charge >= 0.3 is 11.8 Å². The van der Waals surface area contributed by atoms with Crippen LogP contribution in [0.3, 0.4) is 0 Å². The van der Waals surface area contributed by atoms with Crippen molar-refractivity contribution < 1.29 is 9.59 Å². The van der Waals surface area contributed by atoms with E-state index in [0.717, 1.165) is 12.8 Å². The predicted octanol–water partition coefficient (Wildman–Crippen LogP) is -0.743. The molecule has 2 amide bonds. The van der Waals surface area contributed by atoms with E-state index >= 15 is 0 Å². The van der Waals surface area contributed by atoms with Crippen molar-refractivity contribution in [1.29, 1.82) is 0 Å². The van der Waals surface area contributed by atoms with Crippen molar-refractivity contribution >= 4 is 29.0 Å². The quantitative estimate of drug-likeness (QED) is 0.491. The average Bonchev–Trinajstić information content (AvgIpc) is 2.96. The van der Waals surface area contributed by atoms with Gasteiger partial charge in [-0.1, -0.05) is 12.2 Å². The van der Waals surface area contributed by atoms with Gasteiger partial charge in [0.15, 0.2) is 0 Å². The second-order valence-corrected chi connectivity index (χ2v) is 4.30. The number of nitrogens with one attached hydrogen (secondary N) is 1. The highest BCUT2D eigenvalue weighted by Crippen LogP contribution is 2.29. The molecular weight excluding hydrogens is 214 g/mol. The summed E-state index contributed by atoms with van der Waals surface area (Å²) < 4.78 is 0. The standard InChI is InChI=1S/C9H15N3O2S/c1-12(5-6-2-3-6)9(14)8(13)11-4-7(10)15/h6H,2-5H2,1H3,(H2,10,15)(H,11,13). The SMILES string of the molecule is CN(CC1CC1)C(=O)C(=O)NCC(N)=S. The maximum absolute atomic E-state index is 11.4. The minimum Gasteiger partial charge on any atom is -0.392 e. The summed E-state index contributed by atoms with van der Waals surface area (Å²) >= 11 is 4.58. The molecule has 6 heteroatoms. The van der Waals surface area contributed by atoms with E-state index in [-0.39, 0.29) is 11.5 Å². The van der Waals surface area contributed by atoms with E-state index < -0.39 is 11.8 Å². The molecule has 1 rings (SSSR count). The lowest BCUT2D eigenvalue weighted by atomic mass is 10.3. The molecule has 5 nitrogen and oxygen atoms in total. The van der Waals surface area contributed by atoms with E-state index in [0.29, 0.717) is 12.5 Å². The van der Waals surface area contributed by atoms with E-state index in [1.54, 1.807) is 7.05 Å². The van der Waals surface area contributed by atoms with Crippen LogP contribution in [0.2, 0.25) is 0 Å². The summed E-state index contributed by atoms with van der Waals surface area (Å²) in [4.78, 5) is 24.3. The number of likely N-dealkylation sites (N-methyl/N-ethyl adjacent to an activating group) is 1. The van der Waals surface area contributed by atoms with Gasteiger partial charge in [-0.2, -0.15) is 0 Å². The molecule has 0 bridgehead atoms. The molecular formula is C9H15N3O2S. The maximum Gasteiger partial charge on any atom is 0.311 e. The molecule has 0 aromatic heterocycles. The molecule has 0 radical (unpaired) electrons. The normalized spacial score (nSPS) is 14.5. The highest BCUT2D eigenvalue weighted by molar-refractivity contribution is 7.80. The molecule has 0 aliphatic heterocycles. The zero-order valence-electron chi connectivity index (χ0n) is 8.66. The molecule has 1 saturated carbocycles. The Morgan fingerprint density at radius 1 is 1.53 bits per heavy atom. The molecule has 1 aliphatic carbocycles. The van der Waals surface area contributed by atoms with Crippen molar-refractivity contribution in [2.45, 2.75) is 12.8 Å². The summed E-state index contributed by atoms with van der Waals surface area (Å²) in [6, 6.07) is 0. The summed E-state index contributed by atoms with van der Waals surface area (Å²) in [6.45, 7) is 0.719. The van der Waals surface area contributed by atoms with Crippen LogP contribution < -0.4 is 11.1 Å². The Kier molecular flexibility index (Phi) is 4.02. The molecule has 1 aliphatic rings. The first kappa shape index (κ1) is 11.9. The summed E-state index contributed by atoms with van der Waals surface area (Å²) in [6.07, 6.45) is 2.29. The zero-order chi connectivity index (χ0) is 11.4. The lowest BCUT2D eigenvalue weighted by Crippen LogP contribution is -2.44. The van der Waals surface area contributed by atoms with Gasteiger partial charge in [0.25, 0.3) is 0 Å². The second kappa shape index (κ2) is 5.06. The molecule has 0 saturated heterocycles. The maximum atomic E-state index is 11.4. The Hall–Kier alpha value is -1.17. The van der Waals surface area contributed by atoms with Gasteiger partial charge in [-0.15, -0.1) is 0 Å². The summed E-state index contributed by atoms with van der Waals surface area (Å²) in [5, 5.41) is 2.36. The number of thiocarbonyl (C=S) groups is 1. The summed E-state index contributed by atoms with van der Waals surface area (Å²) in [5.74, 6) is -0.605. The van der Waals surface area contributed by atoms with Crippen molar-refractivity contribution in [3.05, 3.63) is 0 Å². The molecule has 0 atom stereocenters. The molecule has 0 spiro atoms. The van der Waals surface area contributed by atoms with Crippen LogP contribution in [-0.4, -0.2) is 41.8 Å². The number of carbonyl (C=O) groups excluding carboxylic acids is 2. The van der Waals surface area contributed by atoms with Crippen molar-refractivity contribution in [2.24, 2.45) is 11.7 Å².